The Labute approximate surface area is 180 Å². The van der Waals surface area contributed by atoms with Crippen LogP contribution in [0.15, 0.2) is 29.4 Å². The molecule has 0 saturated carbocycles. The van der Waals surface area contributed by atoms with E-state index in [-0.39, 0.29) is 12.5 Å². The van der Waals surface area contributed by atoms with Crippen LogP contribution in [0.2, 0.25) is 0 Å². The number of fused-ring (bicyclic) bond motifs is 4. The minimum absolute atomic E-state index is 0.0920. The van der Waals surface area contributed by atoms with Gasteiger partial charge in [-0.1, -0.05) is 0 Å². The van der Waals surface area contributed by atoms with Crippen LogP contribution in [0.5, 0.6) is 0 Å². The molecule has 5 rings (SSSR count). The van der Waals surface area contributed by atoms with E-state index in [4.69, 9.17) is 15.7 Å². The Hall–Kier alpha value is -3.07. The summed E-state index contributed by atoms with van der Waals surface area (Å²) in [6.45, 7) is 10.7. The predicted molar refractivity (Wildman–Crippen MR) is 123 cm³/mol. The van der Waals surface area contributed by atoms with Crippen molar-refractivity contribution in [3.8, 4) is 11.3 Å². The molecule has 0 aromatic carbocycles. The smallest absolute Gasteiger partial charge is 0.255 e. The quantitative estimate of drug-likeness (QED) is 0.482. The molecule has 0 aliphatic carbocycles. The second-order valence-corrected chi connectivity index (χ2v) is 9.43. The second-order valence-electron chi connectivity index (χ2n) is 9.43. The van der Waals surface area contributed by atoms with Crippen LogP contribution in [-0.4, -0.2) is 56.1 Å². The number of halogens is 1. The predicted octanol–water partition coefficient (Wildman–Crippen LogP) is 3.74. The highest BCUT2D eigenvalue weighted by Gasteiger charge is 2.64. The first-order valence-electron chi connectivity index (χ1n) is 10.6. The molecular formula is C22H28FN8+. The van der Waals surface area contributed by atoms with E-state index in [1.54, 1.807) is 4.52 Å². The fraction of sp³-hybridized carbons (Fsp3) is 0.455. The van der Waals surface area contributed by atoms with Gasteiger partial charge in [0.2, 0.25) is 5.95 Å². The SMILES string of the molecule is CC1=Nc2ccc(-c3ccn4nc(NCC(C)(C)F)nc(N)c34)nc2[N+]2(C(C)C)CC12. The molecule has 5 heterocycles. The van der Waals surface area contributed by atoms with E-state index in [0.717, 1.165) is 33.8 Å². The van der Waals surface area contributed by atoms with Crippen molar-refractivity contribution in [2.24, 2.45) is 4.99 Å². The number of hydrogen-bond acceptors (Lipinski definition) is 6. The highest BCUT2D eigenvalue weighted by molar-refractivity contribution is 6.00. The Balaban J connectivity index is 1.57. The molecule has 2 aliphatic heterocycles. The van der Waals surface area contributed by atoms with Crippen molar-refractivity contribution in [1.82, 2.24) is 24.1 Å². The fourth-order valence-corrected chi connectivity index (χ4v) is 4.63. The van der Waals surface area contributed by atoms with Crippen LogP contribution in [-0.2, 0) is 0 Å². The summed E-state index contributed by atoms with van der Waals surface area (Å²) in [5.74, 6) is 1.63. The van der Waals surface area contributed by atoms with Gasteiger partial charge >= 0.3 is 0 Å². The third kappa shape index (κ3) is 3.06. The zero-order chi connectivity index (χ0) is 22.1. The molecule has 2 atom stereocenters. The van der Waals surface area contributed by atoms with Gasteiger partial charge in [-0.2, -0.15) is 9.97 Å². The normalized spacial score (nSPS) is 22.3. The zero-order valence-electron chi connectivity index (χ0n) is 18.5. The summed E-state index contributed by atoms with van der Waals surface area (Å²) in [7, 11) is 0. The lowest BCUT2D eigenvalue weighted by Crippen LogP contribution is -2.41. The highest BCUT2D eigenvalue weighted by atomic mass is 19.1. The third-order valence-electron chi connectivity index (χ3n) is 6.33. The third-order valence-corrected chi connectivity index (χ3v) is 6.33. The van der Waals surface area contributed by atoms with Crippen molar-refractivity contribution in [2.75, 3.05) is 24.1 Å². The second kappa shape index (κ2) is 6.46. The van der Waals surface area contributed by atoms with Gasteiger partial charge in [0.05, 0.1) is 24.0 Å². The monoisotopic (exact) mass is 423 g/mol. The molecule has 162 valence electrons. The Kier molecular flexibility index (Phi) is 4.14. The van der Waals surface area contributed by atoms with Crippen molar-refractivity contribution >= 4 is 34.5 Å². The maximum Gasteiger partial charge on any atom is 0.255 e. The minimum Gasteiger partial charge on any atom is -0.382 e. The summed E-state index contributed by atoms with van der Waals surface area (Å²) in [6, 6.07) is 6.79. The van der Waals surface area contributed by atoms with Crippen LogP contribution in [0.25, 0.3) is 16.8 Å². The zero-order valence-corrected chi connectivity index (χ0v) is 18.5. The average Bonchev–Trinajstić information content (AvgIpc) is 3.34. The number of aromatic nitrogens is 4. The Morgan fingerprint density at radius 3 is 2.77 bits per heavy atom. The number of nitrogen functional groups attached to an aromatic ring is 1. The molecule has 1 fully saturated rings. The first kappa shape index (κ1) is 19.9. The number of nitrogens with zero attached hydrogens (tertiary/aromatic N) is 6. The van der Waals surface area contributed by atoms with Crippen LogP contribution >= 0.6 is 0 Å². The lowest BCUT2D eigenvalue weighted by molar-refractivity contribution is 0.234. The number of rotatable bonds is 5. The summed E-state index contributed by atoms with van der Waals surface area (Å²) < 4.78 is 16.3. The van der Waals surface area contributed by atoms with E-state index in [1.165, 1.54) is 19.6 Å². The summed E-state index contributed by atoms with van der Waals surface area (Å²) >= 11 is 0. The number of pyridine rings is 1. The lowest BCUT2D eigenvalue weighted by Gasteiger charge is -2.27. The summed E-state index contributed by atoms with van der Waals surface area (Å²) in [4.78, 5) is 14.2. The van der Waals surface area contributed by atoms with Gasteiger partial charge in [0.1, 0.15) is 23.4 Å². The van der Waals surface area contributed by atoms with Gasteiger partial charge in [-0.25, -0.2) is 13.9 Å². The Morgan fingerprint density at radius 2 is 2.06 bits per heavy atom. The molecule has 0 spiro atoms. The first-order chi connectivity index (χ1) is 14.6. The number of anilines is 2. The van der Waals surface area contributed by atoms with Crippen molar-refractivity contribution in [1.29, 1.82) is 0 Å². The van der Waals surface area contributed by atoms with E-state index < -0.39 is 5.67 Å². The molecule has 9 heteroatoms. The molecule has 8 nitrogen and oxygen atoms in total. The molecule has 1 saturated heterocycles. The molecule has 3 aromatic heterocycles. The number of hydrogen-bond donors (Lipinski definition) is 2. The minimum atomic E-state index is -1.38. The largest absolute Gasteiger partial charge is 0.382 e. The van der Waals surface area contributed by atoms with Crippen LogP contribution in [0, 0.1) is 0 Å². The van der Waals surface area contributed by atoms with Gasteiger partial charge in [0, 0.05) is 11.8 Å². The number of nitrogens with one attached hydrogen (secondary N) is 1. The van der Waals surface area contributed by atoms with Gasteiger partial charge in [-0.15, -0.1) is 5.10 Å². The topological polar surface area (TPSA) is 93.5 Å². The summed E-state index contributed by atoms with van der Waals surface area (Å²) in [5, 5.41) is 7.35. The first-order valence-corrected chi connectivity index (χ1v) is 10.6. The van der Waals surface area contributed by atoms with Crippen LogP contribution in [0.3, 0.4) is 0 Å². The average molecular weight is 424 g/mol. The molecular weight excluding hydrogens is 395 g/mol. The number of nitrogens with two attached hydrogens (primary N) is 1. The number of aliphatic imine (C=N–C) groups is 1. The van der Waals surface area contributed by atoms with Crippen LogP contribution in [0.1, 0.15) is 34.6 Å². The molecule has 0 bridgehead atoms. The standard InChI is InChI=1S/C22H28FN8/c1-12(2)31-10-17(31)13(3)26-16-7-6-15(27-20(16)31)14-8-9-30-18(14)19(24)28-21(29-30)25-11-22(4,5)23/h6-9,12,17H,10-11H2,1-5H3,(H3,24,25,28,29)/q+1. The number of alkyl halides is 1. The Bertz CT molecular complexity index is 1220. The lowest BCUT2D eigenvalue weighted by atomic mass is 10.1. The molecule has 2 unspecified atom stereocenters. The van der Waals surface area contributed by atoms with Crippen molar-refractivity contribution in [3.63, 3.8) is 0 Å². The van der Waals surface area contributed by atoms with Crippen molar-refractivity contribution in [2.45, 2.75) is 52.4 Å². The molecule has 0 amide bonds. The van der Waals surface area contributed by atoms with E-state index in [9.17, 15) is 4.39 Å². The van der Waals surface area contributed by atoms with E-state index >= 15 is 0 Å². The van der Waals surface area contributed by atoms with Gasteiger partial charge in [-0.05, 0) is 52.8 Å². The Morgan fingerprint density at radius 1 is 1.29 bits per heavy atom. The van der Waals surface area contributed by atoms with Gasteiger partial charge < -0.3 is 11.1 Å². The maximum atomic E-state index is 13.8. The van der Waals surface area contributed by atoms with E-state index in [1.807, 2.05) is 24.4 Å². The van der Waals surface area contributed by atoms with E-state index in [2.05, 4.69) is 36.2 Å². The fourth-order valence-electron chi connectivity index (χ4n) is 4.63. The van der Waals surface area contributed by atoms with Gasteiger partial charge in [0.25, 0.3) is 5.82 Å². The molecule has 3 aromatic rings. The van der Waals surface area contributed by atoms with Crippen molar-refractivity contribution in [3.05, 3.63) is 24.4 Å². The summed E-state index contributed by atoms with van der Waals surface area (Å²) in [5.41, 5.74) is 9.40. The summed E-state index contributed by atoms with van der Waals surface area (Å²) in [6.07, 6.45) is 1.82. The van der Waals surface area contributed by atoms with E-state index in [0.29, 0.717) is 23.4 Å². The molecule has 31 heavy (non-hydrogen) atoms. The maximum absolute atomic E-state index is 13.8. The molecule has 2 aliphatic rings. The van der Waals surface area contributed by atoms with Crippen LogP contribution in [0.4, 0.5) is 27.7 Å². The molecule has 3 N–H and O–H groups in total. The van der Waals surface area contributed by atoms with Gasteiger partial charge in [0.15, 0.2) is 11.9 Å². The van der Waals surface area contributed by atoms with Crippen LogP contribution < -0.4 is 15.5 Å². The van der Waals surface area contributed by atoms with Gasteiger partial charge in [-0.3, -0.25) is 4.48 Å². The van der Waals surface area contributed by atoms with Crippen molar-refractivity contribution < 1.29 is 4.39 Å². The highest BCUT2D eigenvalue weighted by Crippen LogP contribution is 2.50. The molecule has 0 radical (unpaired) electrons. The number of quaternary nitrogens is 1.